The molecule has 0 saturated carbocycles. The fourth-order valence-electron chi connectivity index (χ4n) is 2.35. The van der Waals surface area contributed by atoms with Gasteiger partial charge in [0.25, 0.3) is 11.8 Å². The third-order valence-corrected chi connectivity index (χ3v) is 4.45. The van der Waals surface area contributed by atoms with Crippen LogP contribution in [0.4, 0.5) is 11.4 Å². The molecule has 0 bridgehead atoms. The van der Waals surface area contributed by atoms with Gasteiger partial charge in [-0.2, -0.15) is 0 Å². The van der Waals surface area contributed by atoms with E-state index in [1.807, 2.05) is 19.1 Å². The summed E-state index contributed by atoms with van der Waals surface area (Å²) in [5.41, 5.74) is 2.03. The zero-order chi connectivity index (χ0) is 20.0. The minimum Gasteiger partial charge on any atom is -0.495 e. The first kappa shape index (κ1) is 21.0. The Morgan fingerprint density at radius 2 is 1.85 bits per heavy atom. The van der Waals surface area contributed by atoms with Gasteiger partial charge in [-0.25, -0.2) is 0 Å². The van der Waals surface area contributed by atoms with Crippen molar-refractivity contribution in [2.45, 2.75) is 19.9 Å². The number of amides is 2. The number of aryl methyl sites for hydroxylation is 1. The Morgan fingerprint density at radius 1 is 1.11 bits per heavy atom. The Kier molecular flexibility index (Phi) is 7.47. The van der Waals surface area contributed by atoms with E-state index in [0.717, 1.165) is 5.56 Å². The van der Waals surface area contributed by atoms with Crippen molar-refractivity contribution in [1.29, 1.82) is 0 Å². The topological polar surface area (TPSA) is 84.0 Å². The third kappa shape index (κ3) is 6.13. The van der Waals surface area contributed by atoms with Crippen LogP contribution in [0.5, 0.6) is 5.75 Å². The fourth-order valence-corrected chi connectivity index (χ4v) is 2.69. The van der Waals surface area contributed by atoms with Crippen molar-refractivity contribution in [1.82, 2.24) is 0 Å². The summed E-state index contributed by atoms with van der Waals surface area (Å²) in [6, 6.07) is 9.84. The number of carbonyl (C=O) groups is 2. The molecule has 4 N–H and O–H groups in total. The number of benzene rings is 2. The number of carbonyl (C=O) groups excluding carboxylic acids is 2. The molecular formula is C19H22Cl2N3O3+. The largest absolute Gasteiger partial charge is 0.495 e. The van der Waals surface area contributed by atoms with Crippen LogP contribution in [0.3, 0.4) is 0 Å². The number of nitrogens with one attached hydrogen (secondary N) is 2. The highest BCUT2D eigenvalue weighted by atomic mass is 35.5. The number of methoxy groups -OCH3 is 1. The molecule has 27 heavy (non-hydrogen) atoms. The van der Waals surface area contributed by atoms with Crippen LogP contribution in [-0.4, -0.2) is 31.5 Å². The van der Waals surface area contributed by atoms with Crippen LogP contribution < -0.4 is 20.7 Å². The Hall–Kier alpha value is -2.28. The summed E-state index contributed by atoms with van der Waals surface area (Å²) in [5, 5.41) is 8.00. The van der Waals surface area contributed by atoms with Crippen molar-refractivity contribution in [3.05, 3.63) is 52.0 Å². The molecule has 0 spiro atoms. The lowest BCUT2D eigenvalue weighted by atomic mass is 10.2. The van der Waals surface area contributed by atoms with Gasteiger partial charge in [-0.15, -0.1) is 0 Å². The van der Waals surface area contributed by atoms with E-state index in [1.54, 1.807) is 43.6 Å². The summed E-state index contributed by atoms with van der Waals surface area (Å²) in [6.07, 6.45) is 0. The number of ether oxygens (including phenoxy) is 1. The molecule has 0 aliphatic rings. The normalized spacial score (nSPS) is 11.6. The highest BCUT2D eigenvalue weighted by molar-refractivity contribution is 6.35. The second-order valence-corrected chi connectivity index (χ2v) is 6.94. The summed E-state index contributed by atoms with van der Waals surface area (Å²) in [7, 11) is 1.54. The van der Waals surface area contributed by atoms with Crippen LogP contribution in [0.2, 0.25) is 10.0 Å². The molecule has 2 aromatic carbocycles. The maximum atomic E-state index is 12.3. The van der Waals surface area contributed by atoms with Gasteiger partial charge < -0.3 is 20.7 Å². The molecule has 0 aromatic heterocycles. The van der Waals surface area contributed by atoms with Crippen molar-refractivity contribution >= 4 is 46.4 Å². The molecule has 2 rings (SSSR count). The number of hydrogen-bond donors (Lipinski definition) is 3. The molecule has 1 atom stereocenters. The van der Waals surface area contributed by atoms with E-state index >= 15 is 0 Å². The standard InChI is InChI=1S/C19H21Cl2N3O3/c1-11-4-7-17(27-3)16(8-11)23-18(25)10-22-12(2)19(26)24-15-9-13(20)5-6-14(15)21/h4-9,12,22H,10H2,1-3H3,(H,23,25)(H,24,26)/p+1/t12-/m0/s1. The number of hydrogen-bond acceptors (Lipinski definition) is 3. The molecule has 6 nitrogen and oxygen atoms in total. The van der Waals surface area contributed by atoms with Crippen molar-refractivity contribution in [2.24, 2.45) is 0 Å². The Labute approximate surface area is 168 Å². The first-order valence-corrected chi connectivity index (χ1v) is 9.09. The number of anilines is 2. The number of quaternary nitrogens is 1. The Morgan fingerprint density at radius 3 is 2.56 bits per heavy atom. The molecule has 144 valence electrons. The maximum absolute atomic E-state index is 12.3. The average molecular weight is 411 g/mol. The van der Waals surface area contributed by atoms with E-state index in [1.165, 1.54) is 0 Å². The van der Waals surface area contributed by atoms with E-state index in [2.05, 4.69) is 10.6 Å². The molecule has 0 aliphatic heterocycles. The van der Waals surface area contributed by atoms with E-state index < -0.39 is 6.04 Å². The van der Waals surface area contributed by atoms with E-state index in [9.17, 15) is 9.59 Å². The van der Waals surface area contributed by atoms with Gasteiger partial charge in [0.05, 0.1) is 23.5 Å². The zero-order valence-electron chi connectivity index (χ0n) is 15.3. The SMILES string of the molecule is COc1ccc(C)cc1NC(=O)C[NH2+][C@@H](C)C(=O)Nc1cc(Cl)ccc1Cl. The summed E-state index contributed by atoms with van der Waals surface area (Å²) in [5.74, 6) is 0.0646. The van der Waals surface area contributed by atoms with Crippen LogP contribution in [-0.2, 0) is 9.59 Å². The van der Waals surface area contributed by atoms with Crippen LogP contribution in [0.15, 0.2) is 36.4 Å². The summed E-state index contributed by atoms with van der Waals surface area (Å²) < 4.78 is 5.24. The number of nitrogens with two attached hydrogens (primary N) is 1. The molecule has 0 aliphatic carbocycles. The molecule has 0 saturated heterocycles. The number of rotatable bonds is 7. The Bertz CT molecular complexity index is 843. The molecule has 2 aromatic rings. The predicted octanol–water partition coefficient (Wildman–Crippen LogP) is 2.84. The van der Waals surface area contributed by atoms with Gasteiger partial charge in [-0.1, -0.05) is 29.3 Å². The van der Waals surface area contributed by atoms with Gasteiger partial charge in [-0.3, -0.25) is 9.59 Å². The first-order chi connectivity index (χ1) is 12.8. The summed E-state index contributed by atoms with van der Waals surface area (Å²) >= 11 is 12.0. The molecule has 0 fully saturated rings. The van der Waals surface area contributed by atoms with Gasteiger partial charge in [0.15, 0.2) is 12.6 Å². The highest BCUT2D eigenvalue weighted by Gasteiger charge is 2.19. The second kappa shape index (κ2) is 9.60. The maximum Gasteiger partial charge on any atom is 0.282 e. The van der Waals surface area contributed by atoms with Crippen molar-refractivity contribution in [3.8, 4) is 5.75 Å². The molecule has 0 unspecified atom stereocenters. The van der Waals surface area contributed by atoms with Gasteiger partial charge in [0.1, 0.15) is 5.75 Å². The summed E-state index contributed by atoms with van der Waals surface area (Å²) in [4.78, 5) is 24.5. The molecule has 0 radical (unpaired) electrons. The third-order valence-electron chi connectivity index (χ3n) is 3.89. The average Bonchev–Trinajstić information content (AvgIpc) is 2.63. The lowest BCUT2D eigenvalue weighted by Crippen LogP contribution is -2.93. The smallest absolute Gasteiger partial charge is 0.282 e. The first-order valence-electron chi connectivity index (χ1n) is 8.34. The fraction of sp³-hybridized carbons (Fsp3) is 0.263. The van der Waals surface area contributed by atoms with E-state index in [0.29, 0.717) is 27.2 Å². The molecule has 2 amide bonds. The lowest BCUT2D eigenvalue weighted by molar-refractivity contribution is -0.662. The highest BCUT2D eigenvalue weighted by Crippen LogP contribution is 2.26. The van der Waals surface area contributed by atoms with Crippen molar-refractivity contribution in [2.75, 3.05) is 24.3 Å². The van der Waals surface area contributed by atoms with Gasteiger partial charge >= 0.3 is 0 Å². The second-order valence-electron chi connectivity index (χ2n) is 6.09. The quantitative estimate of drug-likeness (QED) is 0.655. The minimum absolute atomic E-state index is 0.0783. The predicted molar refractivity (Wildman–Crippen MR) is 108 cm³/mol. The monoisotopic (exact) mass is 410 g/mol. The van der Waals surface area contributed by atoms with E-state index in [4.69, 9.17) is 27.9 Å². The molecular weight excluding hydrogens is 389 g/mol. The van der Waals surface area contributed by atoms with Crippen molar-refractivity contribution < 1.29 is 19.6 Å². The van der Waals surface area contributed by atoms with E-state index in [-0.39, 0.29) is 18.4 Å². The van der Waals surface area contributed by atoms with Gasteiger partial charge in [0.2, 0.25) is 0 Å². The van der Waals surface area contributed by atoms with Crippen molar-refractivity contribution in [3.63, 3.8) is 0 Å². The molecule has 8 heteroatoms. The van der Waals surface area contributed by atoms with Gasteiger partial charge in [0, 0.05) is 5.02 Å². The minimum atomic E-state index is -0.495. The van der Waals surface area contributed by atoms with Gasteiger partial charge in [-0.05, 0) is 49.7 Å². The van der Waals surface area contributed by atoms with Crippen LogP contribution in [0.1, 0.15) is 12.5 Å². The molecule has 0 heterocycles. The van der Waals surface area contributed by atoms with Crippen LogP contribution in [0, 0.1) is 6.92 Å². The summed E-state index contributed by atoms with van der Waals surface area (Å²) in [6.45, 7) is 3.71. The van der Waals surface area contributed by atoms with Crippen LogP contribution >= 0.6 is 23.2 Å². The Balaban J connectivity index is 1.90. The zero-order valence-corrected chi connectivity index (χ0v) is 16.8. The lowest BCUT2D eigenvalue weighted by Gasteiger charge is -2.13. The van der Waals surface area contributed by atoms with Crippen LogP contribution in [0.25, 0.3) is 0 Å². The number of halogens is 2.